The molecule has 1 aromatic carbocycles. The quantitative estimate of drug-likeness (QED) is 0.561. The van der Waals surface area contributed by atoms with Crippen molar-refractivity contribution in [3.05, 3.63) is 47.3 Å². The average molecular weight is 343 g/mol. The molecule has 1 atom stereocenters. The van der Waals surface area contributed by atoms with Crippen LogP contribution in [0.25, 0.3) is 0 Å². The predicted molar refractivity (Wildman–Crippen MR) is 88.7 cm³/mol. The molecule has 0 saturated heterocycles. The third kappa shape index (κ3) is 3.53. The lowest BCUT2D eigenvalue weighted by atomic mass is 10.1. The molecule has 1 amide bonds. The molecular weight excluding hydrogens is 326 g/mol. The Morgan fingerprint density at radius 2 is 2.20 bits per heavy atom. The number of carbonyl (C=O) groups is 1. The van der Waals surface area contributed by atoms with Crippen LogP contribution in [0.1, 0.15) is 16.8 Å². The number of aliphatic hydroxyl groups excluding tert-OH is 1. The average Bonchev–Trinajstić information content (AvgIpc) is 2.64. The molecule has 0 spiro atoms. The van der Waals surface area contributed by atoms with Crippen LogP contribution >= 0.6 is 0 Å². The number of hydrogen-bond donors (Lipinski definition) is 3. The van der Waals surface area contributed by atoms with Crippen LogP contribution in [0.15, 0.2) is 35.6 Å². The van der Waals surface area contributed by atoms with Crippen LogP contribution < -0.4 is 14.9 Å². The number of pyridine rings is 1. The molecular formula is C17H17N3O5. The van der Waals surface area contributed by atoms with Gasteiger partial charge in [-0.1, -0.05) is 12.1 Å². The number of rotatable bonds is 4. The van der Waals surface area contributed by atoms with Gasteiger partial charge >= 0.3 is 0 Å². The maximum absolute atomic E-state index is 12.2. The minimum absolute atomic E-state index is 0.0693. The highest BCUT2D eigenvalue weighted by atomic mass is 16.6. The normalized spacial score (nSPS) is 16.0. The van der Waals surface area contributed by atoms with Crippen molar-refractivity contribution >= 4 is 12.1 Å². The Balaban J connectivity index is 1.67. The second-order valence-electron chi connectivity index (χ2n) is 5.39. The summed E-state index contributed by atoms with van der Waals surface area (Å²) in [5, 5.41) is 23.1. The van der Waals surface area contributed by atoms with E-state index in [0.29, 0.717) is 28.3 Å². The Morgan fingerprint density at radius 3 is 2.96 bits per heavy atom. The highest BCUT2D eigenvalue weighted by Crippen LogP contribution is 2.30. The lowest BCUT2D eigenvalue weighted by molar-refractivity contribution is -0.130. The number of hydrazone groups is 1. The number of nitrogens with one attached hydrogen (secondary N) is 1. The highest BCUT2D eigenvalue weighted by Gasteiger charge is 2.27. The molecule has 1 aliphatic rings. The van der Waals surface area contributed by atoms with Gasteiger partial charge in [0.1, 0.15) is 12.4 Å². The highest BCUT2D eigenvalue weighted by molar-refractivity contribution is 5.88. The minimum atomic E-state index is -0.836. The maximum Gasteiger partial charge on any atom is 0.284 e. The van der Waals surface area contributed by atoms with E-state index in [0.717, 1.165) is 0 Å². The van der Waals surface area contributed by atoms with Crippen LogP contribution in [0, 0.1) is 6.92 Å². The van der Waals surface area contributed by atoms with E-state index in [1.54, 1.807) is 25.1 Å². The van der Waals surface area contributed by atoms with Gasteiger partial charge in [-0.05, 0) is 19.1 Å². The van der Waals surface area contributed by atoms with Crippen LogP contribution in [-0.4, -0.2) is 40.0 Å². The molecule has 0 aliphatic carbocycles. The van der Waals surface area contributed by atoms with Crippen LogP contribution in [0.5, 0.6) is 17.2 Å². The third-order valence-corrected chi connectivity index (χ3v) is 3.70. The molecule has 8 nitrogen and oxygen atoms in total. The number of aryl methyl sites for hydroxylation is 1. The van der Waals surface area contributed by atoms with Gasteiger partial charge in [0.25, 0.3) is 5.91 Å². The number of fused-ring (bicyclic) bond motifs is 1. The maximum atomic E-state index is 12.2. The number of benzene rings is 1. The monoisotopic (exact) mass is 343 g/mol. The summed E-state index contributed by atoms with van der Waals surface area (Å²) in [7, 11) is 0. The molecule has 130 valence electrons. The molecule has 0 unspecified atom stereocenters. The van der Waals surface area contributed by atoms with Crippen LogP contribution in [0.3, 0.4) is 0 Å². The summed E-state index contributed by atoms with van der Waals surface area (Å²) in [5.74, 6) is 0.486. The number of para-hydroxylation sites is 2. The zero-order valence-electron chi connectivity index (χ0n) is 13.5. The van der Waals surface area contributed by atoms with E-state index in [9.17, 15) is 15.0 Å². The number of nitrogens with zero attached hydrogens (tertiary/aromatic N) is 2. The fraction of sp³-hybridized carbons (Fsp3) is 0.235. The van der Waals surface area contributed by atoms with E-state index >= 15 is 0 Å². The Hall–Kier alpha value is -3.13. The number of aromatic hydroxyl groups is 1. The van der Waals surface area contributed by atoms with Crippen molar-refractivity contribution in [1.82, 2.24) is 10.4 Å². The Bertz CT molecular complexity index is 822. The fourth-order valence-electron chi connectivity index (χ4n) is 2.30. The Kier molecular flexibility index (Phi) is 4.80. The third-order valence-electron chi connectivity index (χ3n) is 3.70. The Labute approximate surface area is 143 Å². The van der Waals surface area contributed by atoms with Crippen molar-refractivity contribution < 1.29 is 24.5 Å². The SMILES string of the molecule is Cc1ncc(CO)c(/C=N/NC(=O)[C@@H]2COc3ccccc3O2)c1O. The molecule has 25 heavy (non-hydrogen) atoms. The molecule has 1 aromatic heterocycles. The summed E-state index contributed by atoms with van der Waals surface area (Å²) in [4.78, 5) is 16.1. The van der Waals surface area contributed by atoms with Crippen LogP contribution in [0.4, 0.5) is 0 Å². The molecule has 0 bridgehead atoms. The van der Waals surface area contributed by atoms with Gasteiger partial charge in [0.2, 0.25) is 6.10 Å². The summed E-state index contributed by atoms with van der Waals surface area (Å²) in [5.41, 5.74) is 3.42. The van der Waals surface area contributed by atoms with E-state index in [1.165, 1.54) is 12.4 Å². The van der Waals surface area contributed by atoms with Crippen molar-refractivity contribution in [3.8, 4) is 17.2 Å². The predicted octanol–water partition coefficient (Wildman–Crippen LogP) is 0.878. The van der Waals surface area contributed by atoms with Gasteiger partial charge < -0.3 is 19.7 Å². The van der Waals surface area contributed by atoms with E-state index < -0.39 is 12.0 Å². The summed E-state index contributed by atoms with van der Waals surface area (Å²) in [6.45, 7) is 1.38. The van der Waals surface area contributed by atoms with E-state index in [2.05, 4.69) is 15.5 Å². The molecule has 3 N–H and O–H groups in total. The lowest BCUT2D eigenvalue weighted by Crippen LogP contribution is -2.42. The summed E-state index contributed by atoms with van der Waals surface area (Å²) in [6.07, 6.45) is 1.86. The molecule has 0 saturated carbocycles. The number of ether oxygens (including phenoxy) is 2. The topological polar surface area (TPSA) is 113 Å². The van der Waals surface area contributed by atoms with Crippen molar-refractivity contribution in [2.75, 3.05) is 6.61 Å². The first-order chi connectivity index (χ1) is 12.1. The van der Waals surface area contributed by atoms with Gasteiger partial charge in [0.15, 0.2) is 11.5 Å². The van der Waals surface area contributed by atoms with Gasteiger partial charge in [-0.25, -0.2) is 5.43 Å². The number of carbonyl (C=O) groups excluding carboxylic acids is 1. The van der Waals surface area contributed by atoms with Crippen LogP contribution in [0.2, 0.25) is 0 Å². The van der Waals surface area contributed by atoms with Gasteiger partial charge in [0, 0.05) is 17.3 Å². The molecule has 2 aromatic rings. The fourth-order valence-corrected chi connectivity index (χ4v) is 2.30. The second-order valence-corrected chi connectivity index (χ2v) is 5.39. The number of aromatic nitrogens is 1. The Morgan fingerprint density at radius 1 is 1.44 bits per heavy atom. The summed E-state index contributed by atoms with van der Waals surface area (Å²) >= 11 is 0. The lowest BCUT2D eigenvalue weighted by Gasteiger charge is -2.24. The number of hydrogen-bond acceptors (Lipinski definition) is 7. The first-order valence-corrected chi connectivity index (χ1v) is 7.60. The van der Waals surface area contributed by atoms with Gasteiger partial charge in [-0.15, -0.1) is 0 Å². The van der Waals surface area contributed by atoms with Gasteiger partial charge in [-0.2, -0.15) is 5.10 Å². The van der Waals surface area contributed by atoms with Crippen molar-refractivity contribution in [2.24, 2.45) is 5.10 Å². The molecule has 0 fully saturated rings. The van der Waals surface area contributed by atoms with Crippen LogP contribution in [-0.2, 0) is 11.4 Å². The zero-order valence-corrected chi connectivity index (χ0v) is 13.5. The molecule has 1 aliphatic heterocycles. The first-order valence-electron chi connectivity index (χ1n) is 7.60. The molecule has 8 heteroatoms. The molecule has 3 rings (SSSR count). The minimum Gasteiger partial charge on any atom is -0.505 e. The largest absolute Gasteiger partial charge is 0.505 e. The van der Waals surface area contributed by atoms with Crippen molar-refractivity contribution in [3.63, 3.8) is 0 Å². The second kappa shape index (κ2) is 7.18. The molecule has 0 radical (unpaired) electrons. The standard InChI is InChI=1S/C17H17N3O5/c1-10-16(22)12(11(8-21)6-18-10)7-19-20-17(23)15-9-24-13-4-2-3-5-14(13)25-15/h2-7,15,21-22H,8-9H2,1H3,(H,20,23)/b19-7+/t15-/m0/s1. The zero-order chi connectivity index (χ0) is 17.8. The van der Waals surface area contributed by atoms with Crippen molar-refractivity contribution in [2.45, 2.75) is 19.6 Å². The van der Waals surface area contributed by atoms with Crippen molar-refractivity contribution in [1.29, 1.82) is 0 Å². The number of aliphatic hydroxyl groups is 1. The van der Waals surface area contributed by atoms with Gasteiger partial charge in [-0.3, -0.25) is 9.78 Å². The van der Waals surface area contributed by atoms with E-state index in [-0.39, 0.29) is 19.0 Å². The first kappa shape index (κ1) is 16.7. The van der Waals surface area contributed by atoms with E-state index in [1.807, 2.05) is 6.07 Å². The number of amides is 1. The van der Waals surface area contributed by atoms with Gasteiger partial charge in [0.05, 0.1) is 18.5 Å². The summed E-state index contributed by atoms with van der Waals surface area (Å²) < 4.78 is 11.0. The summed E-state index contributed by atoms with van der Waals surface area (Å²) in [6, 6.07) is 7.07. The van der Waals surface area contributed by atoms with E-state index in [4.69, 9.17) is 9.47 Å². The molecule has 2 heterocycles. The smallest absolute Gasteiger partial charge is 0.284 e.